The van der Waals surface area contributed by atoms with E-state index in [0.29, 0.717) is 9.97 Å². The molecule has 3 aromatic rings. The summed E-state index contributed by atoms with van der Waals surface area (Å²) in [5.74, 6) is 1.43. The molecule has 2 heterocycles. The van der Waals surface area contributed by atoms with Crippen molar-refractivity contribution in [3.63, 3.8) is 0 Å². The number of hydrogen-bond acceptors (Lipinski definition) is 4. The third kappa shape index (κ3) is 3.69. The zero-order chi connectivity index (χ0) is 17.9. The Kier molecular flexibility index (Phi) is 5.36. The minimum Gasteiger partial charge on any atom is -0.330 e. The minimum absolute atomic E-state index is 0.385. The molecule has 26 heavy (non-hydrogen) atoms. The number of nitrogens with two attached hydrogens (primary N) is 1. The van der Waals surface area contributed by atoms with Crippen LogP contribution in [0.15, 0.2) is 54.7 Å². The SMILES string of the molecule is NCC1CCCN(c2nccc(-c3ccc4ccccc4c3)n2)C(I)C1. The molecule has 1 aromatic heterocycles. The summed E-state index contributed by atoms with van der Waals surface area (Å²) in [6.45, 7) is 1.76. The highest BCUT2D eigenvalue weighted by Gasteiger charge is 2.25. The van der Waals surface area contributed by atoms with Gasteiger partial charge in [-0.25, -0.2) is 9.97 Å². The molecule has 4 nitrogen and oxygen atoms in total. The van der Waals surface area contributed by atoms with E-state index >= 15 is 0 Å². The lowest BCUT2D eigenvalue weighted by Gasteiger charge is -2.26. The van der Waals surface area contributed by atoms with Crippen LogP contribution in [0, 0.1) is 5.92 Å². The monoisotopic (exact) mass is 458 g/mol. The number of nitrogens with zero attached hydrogens (tertiary/aromatic N) is 3. The summed E-state index contributed by atoms with van der Waals surface area (Å²) in [5.41, 5.74) is 8.02. The van der Waals surface area contributed by atoms with Crippen molar-refractivity contribution in [1.29, 1.82) is 0 Å². The number of anilines is 1. The van der Waals surface area contributed by atoms with E-state index in [9.17, 15) is 0 Å². The van der Waals surface area contributed by atoms with E-state index in [2.05, 4.69) is 74.9 Å². The summed E-state index contributed by atoms with van der Waals surface area (Å²) in [6, 6.07) is 16.9. The molecule has 2 N–H and O–H groups in total. The molecule has 134 valence electrons. The van der Waals surface area contributed by atoms with E-state index in [4.69, 9.17) is 10.7 Å². The van der Waals surface area contributed by atoms with Gasteiger partial charge in [-0.1, -0.05) is 59.0 Å². The molecule has 2 aromatic carbocycles. The Hall–Kier alpha value is -1.73. The van der Waals surface area contributed by atoms with Crippen LogP contribution in [0.1, 0.15) is 19.3 Å². The summed E-state index contributed by atoms with van der Waals surface area (Å²) in [7, 11) is 0. The van der Waals surface area contributed by atoms with Crippen LogP contribution in [0.5, 0.6) is 0 Å². The van der Waals surface area contributed by atoms with Crippen LogP contribution < -0.4 is 10.6 Å². The van der Waals surface area contributed by atoms with E-state index in [1.807, 2.05) is 12.3 Å². The van der Waals surface area contributed by atoms with E-state index in [-0.39, 0.29) is 0 Å². The predicted molar refractivity (Wildman–Crippen MR) is 117 cm³/mol. The van der Waals surface area contributed by atoms with E-state index < -0.39 is 0 Å². The molecule has 0 spiro atoms. The summed E-state index contributed by atoms with van der Waals surface area (Å²) in [6.07, 6.45) is 5.31. The normalized spacial score (nSPS) is 20.9. The Morgan fingerprint density at radius 1 is 1.12 bits per heavy atom. The second-order valence-corrected chi connectivity index (χ2v) is 8.35. The Bertz CT molecular complexity index is 898. The van der Waals surface area contributed by atoms with Crippen molar-refractivity contribution >= 4 is 39.3 Å². The van der Waals surface area contributed by atoms with Gasteiger partial charge in [-0.05, 0) is 54.6 Å². The summed E-state index contributed by atoms with van der Waals surface area (Å²) in [4.78, 5) is 11.8. The molecule has 2 unspecified atom stereocenters. The Labute approximate surface area is 168 Å². The number of rotatable bonds is 3. The highest BCUT2D eigenvalue weighted by Crippen LogP contribution is 2.30. The van der Waals surface area contributed by atoms with Crippen LogP contribution in [0.4, 0.5) is 5.95 Å². The Morgan fingerprint density at radius 2 is 1.96 bits per heavy atom. The maximum Gasteiger partial charge on any atom is 0.226 e. The average molecular weight is 458 g/mol. The lowest BCUT2D eigenvalue weighted by atomic mass is 10.0. The molecule has 4 rings (SSSR count). The maximum atomic E-state index is 5.91. The van der Waals surface area contributed by atoms with Gasteiger partial charge in [0.05, 0.1) is 9.74 Å². The second kappa shape index (κ2) is 7.88. The third-order valence-corrected chi connectivity index (χ3v) is 6.34. The molecule has 0 aliphatic carbocycles. The number of benzene rings is 2. The van der Waals surface area contributed by atoms with Crippen molar-refractivity contribution in [2.24, 2.45) is 11.7 Å². The molecular weight excluding hydrogens is 435 g/mol. The number of aromatic nitrogens is 2. The van der Waals surface area contributed by atoms with Crippen LogP contribution >= 0.6 is 22.6 Å². The van der Waals surface area contributed by atoms with Gasteiger partial charge in [0, 0.05) is 18.3 Å². The van der Waals surface area contributed by atoms with Gasteiger partial charge in [-0.3, -0.25) is 0 Å². The van der Waals surface area contributed by atoms with Gasteiger partial charge >= 0.3 is 0 Å². The predicted octanol–water partition coefficient (Wildman–Crippen LogP) is 4.62. The van der Waals surface area contributed by atoms with Crippen molar-refractivity contribution in [2.75, 3.05) is 18.0 Å². The van der Waals surface area contributed by atoms with Crippen LogP contribution in [0.3, 0.4) is 0 Å². The molecule has 1 fully saturated rings. The highest BCUT2D eigenvalue weighted by molar-refractivity contribution is 14.1. The zero-order valence-corrected chi connectivity index (χ0v) is 16.8. The van der Waals surface area contributed by atoms with Crippen molar-refractivity contribution in [1.82, 2.24) is 9.97 Å². The number of hydrogen-bond donors (Lipinski definition) is 1. The lowest BCUT2D eigenvalue weighted by molar-refractivity contribution is 0.481. The largest absolute Gasteiger partial charge is 0.330 e. The zero-order valence-electron chi connectivity index (χ0n) is 14.7. The van der Waals surface area contributed by atoms with Crippen molar-refractivity contribution in [3.05, 3.63) is 54.7 Å². The molecular formula is C21H23IN4. The van der Waals surface area contributed by atoms with Crippen molar-refractivity contribution in [2.45, 2.75) is 23.3 Å². The van der Waals surface area contributed by atoms with Gasteiger partial charge in [0.1, 0.15) is 0 Å². The summed E-state index contributed by atoms with van der Waals surface area (Å²) < 4.78 is 0.385. The fraction of sp³-hybridized carbons (Fsp3) is 0.333. The molecule has 0 saturated carbocycles. The van der Waals surface area contributed by atoms with Crippen LogP contribution in [0.2, 0.25) is 0 Å². The van der Waals surface area contributed by atoms with E-state index in [1.54, 1.807) is 0 Å². The standard InChI is InChI=1S/C21H23IN4/c22-20-12-15(14-23)4-3-11-26(20)21-24-10-9-19(25-21)18-8-7-16-5-1-2-6-17(16)13-18/h1-2,5-10,13,15,20H,3-4,11-12,14,23H2. The first kappa shape index (κ1) is 17.7. The van der Waals surface area contributed by atoms with Crippen LogP contribution in [0.25, 0.3) is 22.0 Å². The average Bonchev–Trinajstić information content (AvgIpc) is 2.88. The Balaban J connectivity index is 1.65. The van der Waals surface area contributed by atoms with Gasteiger partial charge in [0.2, 0.25) is 5.95 Å². The van der Waals surface area contributed by atoms with E-state index in [1.165, 1.54) is 17.2 Å². The van der Waals surface area contributed by atoms with Crippen LogP contribution in [-0.4, -0.2) is 27.1 Å². The van der Waals surface area contributed by atoms with Crippen molar-refractivity contribution in [3.8, 4) is 11.3 Å². The molecule has 0 radical (unpaired) electrons. The minimum atomic E-state index is 0.385. The first-order valence-electron chi connectivity index (χ1n) is 9.17. The van der Waals surface area contributed by atoms with Gasteiger partial charge in [-0.15, -0.1) is 0 Å². The summed E-state index contributed by atoms with van der Waals surface area (Å²) >= 11 is 2.51. The first-order chi connectivity index (χ1) is 12.7. The third-order valence-electron chi connectivity index (χ3n) is 5.16. The Morgan fingerprint density at radius 3 is 2.81 bits per heavy atom. The molecule has 2 atom stereocenters. The van der Waals surface area contributed by atoms with Gasteiger partial charge in [0.15, 0.2) is 0 Å². The lowest BCUT2D eigenvalue weighted by Crippen LogP contribution is -2.33. The second-order valence-electron chi connectivity index (χ2n) is 6.91. The van der Waals surface area contributed by atoms with Crippen molar-refractivity contribution < 1.29 is 0 Å². The topological polar surface area (TPSA) is 55.0 Å². The quantitative estimate of drug-likeness (QED) is 0.354. The molecule has 0 amide bonds. The van der Waals surface area contributed by atoms with E-state index in [0.717, 1.165) is 43.1 Å². The van der Waals surface area contributed by atoms with Gasteiger partial charge < -0.3 is 10.6 Å². The highest BCUT2D eigenvalue weighted by atomic mass is 127. The molecule has 0 bridgehead atoms. The molecule has 1 aliphatic rings. The maximum absolute atomic E-state index is 5.91. The summed E-state index contributed by atoms with van der Waals surface area (Å²) in [5, 5.41) is 2.48. The van der Waals surface area contributed by atoms with Crippen LogP contribution in [-0.2, 0) is 0 Å². The first-order valence-corrected chi connectivity index (χ1v) is 10.4. The molecule has 1 aliphatic heterocycles. The fourth-order valence-corrected chi connectivity index (χ4v) is 4.89. The molecule has 1 saturated heterocycles. The van der Waals surface area contributed by atoms with Gasteiger partial charge in [0.25, 0.3) is 0 Å². The number of fused-ring (bicyclic) bond motifs is 1. The van der Waals surface area contributed by atoms with Gasteiger partial charge in [-0.2, -0.15) is 0 Å². The number of halogens is 1. The fourth-order valence-electron chi connectivity index (χ4n) is 3.65. The number of alkyl halides is 1. The smallest absolute Gasteiger partial charge is 0.226 e. The molecule has 5 heteroatoms.